The van der Waals surface area contributed by atoms with Crippen LogP contribution < -0.4 is 5.32 Å². The number of hydrogen-bond acceptors (Lipinski definition) is 4. The third-order valence-electron chi connectivity index (χ3n) is 7.80. The van der Waals surface area contributed by atoms with E-state index in [9.17, 15) is 14.4 Å². The molecule has 6 heteroatoms. The molecule has 0 heterocycles. The number of carboxylic acids is 1. The lowest BCUT2D eigenvalue weighted by molar-refractivity contribution is -0.147. The first-order valence-corrected chi connectivity index (χ1v) is 20.3. The van der Waals surface area contributed by atoms with Gasteiger partial charge in [0.05, 0.1) is 0 Å². The number of rotatable bonds is 34. The number of unbranched alkanes of at least 4 members (excludes halogenated alkanes) is 3. The van der Waals surface area contributed by atoms with Gasteiger partial charge in [-0.2, -0.15) is 0 Å². The molecule has 1 amide bonds. The molecule has 0 aliphatic heterocycles. The van der Waals surface area contributed by atoms with Gasteiger partial charge in [0.15, 0.2) is 0 Å². The van der Waals surface area contributed by atoms with Crippen molar-refractivity contribution in [2.45, 2.75) is 142 Å². The molecule has 0 saturated carbocycles. The van der Waals surface area contributed by atoms with Crippen molar-refractivity contribution in [1.82, 2.24) is 5.32 Å². The van der Waals surface area contributed by atoms with Crippen LogP contribution in [0.25, 0.3) is 0 Å². The summed E-state index contributed by atoms with van der Waals surface area (Å²) in [6, 6.07) is 0. The molecular weight excluding hydrogens is 671 g/mol. The zero-order valence-electron chi connectivity index (χ0n) is 33.5. The molecule has 0 aliphatic rings. The first-order chi connectivity index (χ1) is 26.5. The summed E-state index contributed by atoms with van der Waals surface area (Å²) < 4.78 is 5.80. The van der Waals surface area contributed by atoms with E-state index in [2.05, 4.69) is 141 Å². The van der Waals surface area contributed by atoms with Gasteiger partial charge < -0.3 is 15.2 Å². The minimum absolute atomic E-state index is 0.206. The summed E-state index contributed by atoms with van der Waals surface area (Å²) >= 11 is 0. The molecule has 0 rings (SSSR count). The van der Waals surface area contributed by atoms with Gasteiger partial charge in [-0.1, -0.05) is 141 Å². The standard InChI is InChI=1S/C48H71NO5/c1-3-5-7-9-11-13-15-17-19-20-21-22-23-24-25-27-29-31-33-35-37-43-48(53)54-45(41-38-39-42-46(50)49-44-47(51)52)40-36-34-32-30-28-26-18-16-14-12-10-8-6-4-2/h5-8,11-14,17-19,21-22,24-26,29-32,36,40,45H,3-4,9-10,15-16,20,23,27-28,33-35,37-39,41-44H2,1-2H3,(H,49,50)(H,51,52)/b7-5-,8-6-,13-11-,14-12-,19-17-,22-21-,25-24-,26-18-,31-29-,32-30-,40-36-. The van der Waals surface area contributed by atoms with Gasteiger partial charge in [0.1, 0.15) is 12.6 Å². The molecule has 0 spiro atoms. The van der Waals surface area contributed by atoms with Crippen molar-refractivity contribution in [1.29, 1.82) is 0 Å². The Labute approximate surface area is 328 Å². The first kappa shape index (κ1) is 49.6. The molecule has 0 aromatic heterocycles. The highest BCUT2D eigenvalue weighted by Crippen LogP contribution is 2.12. The number of aliphatic carboxylic acids is 1. The molecule has 0 radical (unpaired) electrons. The maximum Gasteiger partial charge on any atom is 0.322 e. The summed E-state index contributed by atoms with van der Waals surface area (Å²) in [4.78, 5) is 35.1. The van der Waals surface area contributed by atoms with Crippen LogP contribution in [0.4, 0.5) is 0 Å². The van der Waals surface area contributed by atoms with Gasteiger partial charge in [0.25, 0.3) is 0 Å². The van der Waals surface area contributed by atoms with E-state index >= 15 is 0 Å². The number of esters is 1. The Bertz CT molecular complexity index is 1270. The minimum Gasteiger partial charge on any atom is -0.480 e. The Morgan fingerprint density at radius 2 is 0.889 bits per heavy atom. The average molecular weight is 742 g/mol. The van der Waals surface area contributed by atoms with Crippen molar-refractivity contribution in [2.75, 3.05) is 6.54 Å². The maximum atomic E-state index is 12.6. The van der Waals surface area contributed by atoms with Crippen molar-refractivity contribution in [2.24, 2.45) is 0 Å². The van der Waals surface area contributed by atoms with Crippen LogP contribution in [0, 0.1) is 0 Å². The van der Waals surface area contributed by atoms with Crippen LogP contribution in [0.15, 0.2) is 134 Å². The van der Waals surface area contributed by atoms with Crippen LogP contribution in [-0.4, -0.2) is 35.6 Å². The second kappa shape index (κ2) is 41.3. The van der Waals surface area contributed by atoms with E-state index in [1.807, 2.05) is 12.2 Å². The Morgan fingerprint density at radius 1 is 0.500 bits per heavy atom. The molecule has 2 N–H and O–H groups in total. The summed E-state index contributed by atoms with van der Waals surface area (Å²) in [5.41, 5.74) is 0. The SMILES string of the molecule is CC/C=C\C/C=C\C/C=C\C/C=C\C/C=C\C/C=C\CCCCC(=O)OC(/C=C\C/C=C\C/C=C\C/C=C\C/C=C\CC)CCCCC(=O)NCC(=O)O. The summed E-state index contributed by atoms with van der Waals surface area (Å²) in [7, 11) is 0. The molecule has 298 valence electrons. The Hall–Kier alpha value is -4.45. The maximum absolute atomic E-state index is 12.6. The lowest BCUT2D eigenvalue weighted by Gasteiger charge is -2.14. The Morgan fingerprint density at radius 3 is 1.31 bits per heavy atom. The molecule has 1 atom stereocenters. The fourth-order valence-corrected chi connectivity index (χ4v) is 4.87. The third-order valence-corrected chi connectivity index (χ3v) is 7.80. The van der Waals surface area contributed by atoms with E-state index in [1.54, 1.807) is 0 Å². The largest absolute Gasteiger partial charge is 0.480 e. The predicted molar refractivity (Wildman–Crippen MR) is 230 cm³/mol. The van der Waals surface area contributed by atoms with Crippen molar-refractivity contribution < 1.29 is 24.2 Å². The fraction of sp³-hybridized carbons (Fsp3) is 0.479. The third kappa shape index (κ3) is 40.3. The van der Waals surface area contributed by atoms with Crippen LogP contribution in [0.3, 0.4) is 0 Å². The number of hydrogen-bond donors (Lipinski definition) is 2. The fourth-order valence-electron chi connectivity index (χ4n) is 4.87. The van der Waals surface area contributed by atoms with E-state index in [-0.39, 0.29) is 30.9 Å². The zero-order chi connectivity index (χ0) is 39.4. The molecule has 0 bridgehead atoms. The van der Waals surface area contributed by atoms with Crippen molar-refractivity contribution in [3.05, 3.63) is 134 Å². The number of allylic oxidation sites excluding steroid dienone is 21. The number of carbonyl (C=O) groups excluding carboxylic acids is 2. The van der Waals surface area contributed by atoms with Gasteiger partial charge in [0, 0.05) is 12.8 Å². The summed E-state index contributed by atoms with van der Waals surface area (Å²) in [5.74, 6) is -1.55. The molecular formula is C48H71NO5. The van der Waals surface area contributed by atoms with E-state index in [1.165, 1.54) is 0 Å². The van der Waals surface area contributed by atoms with Gasteiger partial charge in [-0.05, 0) is 115 Å². The van der Waals surface area contributed by atoms with Crippen molar-refractivity contribution in [3.63, 3.8) is 0 Å². The van der Waals surface area contributed by atoms with E-state index in [0.717, 1.165) is 89.9 Å². The Balaban J connectivity index is 4.41. The molecule has 6 nitrogen and oxygen atoms in total. The highest BCUT2D eigenvalue weighted by molar-refractivity contribution is 5.81. The molecule has 1 unspecified atom stereocenters. The lowest BCUT2D eigenvalue weighted by Crippen LogP contribution is -2.28. The molecule has 0 aliphatic carbocycles. The van der Waals surface area contributed by atoms with Gasteiger partial charge in [0.2, 0.25) is 5.91 Å². The van der Waals surface area contributed by atoms with E-state index in [4.69, 9.17) is 9.84 Å². The molecule has 0 aromatic carbocycles. The second-order valence-electron chi connectivity index (χ2n) is 12.8. The monoisotopic (exact) mass is 742 g/mol. The zero-order valence-corrected chi connectivity index (χ0v) is 33.5. The normalized spacial score (nSPS) is 13.5. The number of carboxylic acid groups (broad SMARTS) is 1. The van der Waals surface area contributed by atoms with E-state index < -0.39 is 5.97 Å². The lowest BCUT2D eigenvalue weighted by atomic mass is 10.1. The number of nitrogens with one attached hydrogen (secondary N) is 1. The van der Waals surface area contributed by atoms with E-state index in [0.29, 0.717) is 25.7 Å². The highest BCUT2D eigenvalue weighted by atomic mass is 16.5. The molecule has 0 fully saturated rings. The first-order valence-electron chi connectivity index (χ1n) is 20.3. The van der Waals surface area contributed by atoms with Crippen LogP contribution in [0.5, 0.6) is 0 Å². The second-order valence-corrected chi connectivity index (χ2v) is 12.8. The highest BCUT2D eigenvalue weighted by Gasteiger charge is 2.12. The van der Waals surface area contributed by atoms with Crippen LogP contribution in [0.1, 0.15) is 136 Å². The van der Waals surface area contributed by atoms with Gasteiger partial charge in [-0.25, -0.2) is 0 Å². The van der Waals surface area contributed by atoms with Crippen LogP contribution >= 0.6 is 0 Å². The Kier molecular flexibility index (Phi) is 37.9. The summed E-state index contributed by atoms with van der Waals surface area (Å²) in [6.45, 7) is 3.91. The summed E-state index contributed by atoms with van der Waals surface area (Å²) in [6.07, 6.45) is 62.9. The molecule has 0 aromatic rings. The number of ether oxygens (including phenoxy) is 1. The average Bonchev–Trinajstić information content (AvgIpc) is 3.16. The molecule has 0 saturated heterocycles. The van der Waals surface area contributed by atoms with Crippen molar-refractivity contribution >= 4 is 17.8 Å². The van der Waals surface area contributed by atoms with Crippen LogP contribution in [0.2, 0.25) is 0 Å². The van der Waals surface area contributed by atoms with Crippen LogP contribution in [-0.2, 0) is 19.1 Å². The topological polar surface area (TPSA) is 92.7 Å². The number of amides is 1. The summed E-state index contributed by atoms with van der Waals surface area (Å²) in [5, 5.41) is 11.1. The molecule has 54 heavy (non-hydrogen) atoms. The quantitative estimate of drug-likeness (QED) is 0.0389. The van der Waals surface area contributed by atoms with Crippen molar-refractivity contribution in [3.8, 4) is 0 Å². The predicted octanol–water partition coefficient (Wildman–Crippen LogP) is 12.7. The van der Waals surface area contributed by atoms with Gasteiger partial charge in [-0.15, -0.1) is 0 Å². The van der Waals surface area contributed by atoms with Gasteiger partial charge >= 0.3 is 11.9 Å². The number of carbonyl (C=O) groups is 3. The smallest absolute Gasteiger partial charge is 0.322 e. The van der Waals surface area contributed by atoms with Gasteiger partial charge in [-0.3, -0.25) is 14.4 Å². The minimum atomic E-state index is -1.06.